The minimum Gasteiger partial charge on any atom is -0.295 e. The number of allylic oxidation sites excluding steroid dienone is 4. The van der Waals surface area contributed by atoms with Gasteiger partial charge in [-0.25, -0.2) is 0 Å². The topological polar surface area (TPSA) is 34.1 Å². The second-order valence-electron chi connectivity index (χ2n) is 13.3. The molecule has 0 bridgehead atoms. The van der Waals surface area contributed by atoms with E-state index in [4.69, 9.17) is 0 Å². The standard InChI is InChI=1S/C35H60O2/c1-7-11-20-28-24-35(6,27-33(37)30(28)18-9-3)23-17-15-13-14-16-21-29-25-34(5,22-12-8-2)26-32(36)31(29)19-10-4/h7-27H2,1-6H3. The van der Waals surface area contributed by atoms with Crippen LogP contribution in [-0.4, -0.2) is 11.6 Å². The number of hydrogen-bond acceptors (Lipinski definition) is 2. The molecule has 0 amide bonds. The van der Waals surface area contributed by atoms with Gasteiger partial charge in [0.2, 0.25) is 0 Å². The first-order valence-corrected chi connectivity index (χ1v) is 16.2. The fourth-order valence-corrected chi connectivity index (χ4v) is 7.13. The Labute approximate surface area is 230 Å². The summed E-state index contributed by atoms with van der Waals surface area (Å²) in [6.07, 6.45) is 23.7. The Morgan fingerprint density at radius 3 is 1.41 bits per heavy atom. The number of carbonyl (C=O) groups excluding carboxylic acids is 2. The van der Waals surface area contributed by atoms with Crippen molar-refractivity contribution < 1.29 is 9.59 Å². The molecule has 2 aliphatic carbocycles. The number of ketones is 2. The van der Waals surface area contributed by atoms with Crippen molar-refractivity contribution in [1.29, 1.82) is 0 Å². The molecule has 0 fully saturated rings. The monoisotopic (exact) mass is 512 g/mol. The summed E-state index contributed by atoms with van der Waals surface area (Å²) in [6, 6.07) is 0. The first-order valence-electron chi connectivity index (χ1n) is 16.2. The molecule has 2 aliphatic rings. The Kier molecular flexibility index (Phi) is 13.9. The molecule has 2 nitrogen and oxygen atoms in total. The van der Waals surface area contributed by atoms with Crippen LogP contribution in [0.15, 0.2) is 22.3 Å². The van der Waals surface area contributed by atoms with Crippen molar-refractivity contribution in [3.8, 4) is 0 Å². The Bertz CT molecular complexity index is 800. The van der Waals surface area contributed by atoms with Gasteiger partial charge in [-0.15, -0.1) is 0 Å². The minimum absolute atomic E-state index is 0.169. The number of hydrogen-bond donors (Lipinski definition) is 0. The number of rotatable bonds is 18. The zero-order valence-electron chi connectivity index (χ0n) is 25.7. The van der Waals surface area contributed by atoms with Crippen LogP contribution >= 0.6 is 0 Å². The maximum absolute atomic E-state index is 13.0. The summed E-state index contributed by atoms with van der Waals surface area (Å²) < 4.78 is 0. The van der Waals surface area contributed by atoms with Crippen LogP contribution in [0, 0.1) is 10.8 Å². The molecule has 0 N–H and O–H groups in total. The molecule has 0 radical (unpaired) electrons. The highest BCUT2D eigenvalue weighted by Gasteiger charge is 2.36. The molecule has 2 heteroatoms. The van der Waals surface area contributed by atoms with Gasteiger partial charge in [0.05, 0.1) is 0 Å². The lowest BCUT2D eigenvalue weighted by molar-refractivity contribution is -0.119. The Hall–Kier alpha value is -1.18. The summed E-state index contributed by atoms with van der Waals surface area (Å²) in [4.78, 5) is 26.0. The van der Waals surface area contributed by atoms with E-state index in [0.717, 1.165) is 64.2 Å². The second-order valence-corrected chi connectivity index (χ2v) is 13.3. The van der Waals surface area contributed by atoms with Gasteiger partial charge in [0.1, 0.15) is 0 Å². The molecule has 2 atom stereocenters. The maximum Gasteiger partial charge on any atom is 0.159 e. The summed E-state index contributed by atoms with van der Waals surface area (Å²) >= 11 is 0. The van der Waals surface area contributed by atoms with E-state index in [-0.39, 0.29) is 10.8 Å². The Morgan fingerprint density at radius 1 is 0.486 bits per heavy atom. The van der Waals surface area contributed by atoms with E-state index in [2.05, 4.69) is 41.5 Å². The zero-order chi connectivity index (χ0) is 27.3. The van der Waals surface area contributed by atoms with Gasteiger partial charge < -0.3 is 0 Å². The van der Waals surface area contributed by atoms with Gasteiger partial charge in [-0.1, -0.05) is 110 Å². The molecule has 2 unspecified atom stereocenters. The zero-order valence-corrected chi connectivity index (χ0v) is 25.7. The number of Topliss-reactive ketones (excluding diaryl/α,β-unsaturated/α-hetero) is 2. The van der Waals surface area contributed by atoms with E-state index in [9.17, 15) is 9.59 Å². The fraction of sp³-hybridized carbons (Fsp3) is 0.829. The molecule has 212 valence electrons. The molecule has 0 heterocycles. The maximum atomic E-state index is 13.0. The summed E-state index contributed by atoms with van der Waals surface area (Å²) in [5.41, 5.74) is 5.74. The van der Waals surface area contributed by atoms with Crippen molar-refractivity contribution in [2.24, 2.45) is 10.8 Å². The average molecular weight is 513 g/mol. The molecule has 0 aromatic carbocycles. The molecule has 0 aliphatic heterocycles. The van der Waals surface area contributed by atoms with Gasteiger partial charge in [0, 0.05) is 12.8 Å². The third-order valence-corrected chi connectivity index (χ3v) is 9.21. The summed E-state index contributed by atoms with van der Waals surface area (Å²) in [7, 11) is 0. The van der Waals surface area contributed by atoms with Crippen LogP contribution in [0.2, 0.25) is 0 Å². The van der Waals surface area contributed by atoms with Gasteiger partial charge in [0.15, 0.2) is 11.6 Å². The van der Waals surface area contributed by atoms with Crippen LogP contribution in [0.25, 0.3) is 0 Å². The normalized spacial score (nSPS) is 24.9. The van der Waals surface area contributed by atoms with Crippen LogP contribution < -0.4 is 0 Å². The van der Waals surface area contributed by atoms with Gasteiger partial charge in [0.25, 0.3) is 0 Å². The predicted molar refractivity (Wildman–Crippen MR) is 160 cm³/mol. The average Bonchev–Trinajstić information content (AvgIpc) is 2.85. The van der Waals surface area contributed by atoms with Crippen LogP contribution in [0.3, 0.4) is 0 Å². The molecule has 0 aromatic rings. The first-order chi connectivity index (χ1) is 17.7. The van der Waals surface area contributed by atoms with E-state index in [1.54, 1.807) is 0 Å². The molecular weight excluding hydrogens is 452 g/mol. The van der Waals surface area contributed by atoms with Gasteiger partial charge in [-0.3, -0.25) is 9.59 Å². The largest absolute Gasteiger partial charge is 0.295 e. The van der Waals surface area contributed by atoms with Gasteiger partial charge in [-0.2, -0.15) is 0 Å². The highest BCUT2D eigenvalue weighted by molar-refractivity contribution is 5.98. The van der Waals surface area contributed by atoms with E-state index in [0.29, 0.717) is 11.6 Å². The fourth-order valence-electron chi connectivity index (χ4n) is 7.13. The summed E-state index contributed by atoms with van der Waals surface area (Å²) in [5.74, 6) is 0.900. The number of unbranched alkanes of at least 4 members (excludes halogenated alkanes) is 6. The second kappa shape index (κ2) is 16.0. The molecular formula is C35H60O2. The predicted octanol–water partition coefficient (Wildman–Crippen LogP) is 11.0. The van der Waals surface area contributed by atoms with Gasteiger partial charge >= 0.3 is 0 Å². The molecule has 0 saturated heterocycles. The molecule has 0 aromatic heterocycles. The van der Waals surface area contributed by atoms with Crippen molar-refractivity contribution in [3.63, 3.8) is 0 Å². The number of carbonyl (C=O) groups is 2. The lowest BCUT2D eigenvalue weighted by Gasteiger charge is -2.36. The lowest BCUT2D eigenvalue weighted by Crippen LogP contribution is -2.28. The van der Waals surface area contributed by atoms with Crippen LogP contribution in [-0.2, 0) is 9.59 Å². The van der Waals surface area contributed by atoms with E-state index in [1.807, 2.05) is 0 Å². The van der Waals surface area contributed by atoms with Crippen LogP contribution in [0.1, 0.15) is 176 Å². The quantitative estimate of drug-likeness (QED) is 0.171. The van der Waals surface area contributed by atoms with E-state index >= 15 is 0 Å². The third kappa shape index (κ3) is 10.1. The summed E-state index contributed by atoms with van der Waals surface area (Å²) in [5, 5.41) is 0. The SMILES string of the molecule is CCCCC1=C(CCC)C(=O)CC(C)(CCCCCCCC2=C(CCC)C(=O)CC(C)(CCCC)C2)C1. The smallest absolute Gasteiger partial charge is 0.159 e. The molecule has 2 rings (SSSR count). The first kappa shape index (κ1) is 32.0. The third-order valence-electron chi connectivity index (χ3n) is 9.21. The Balaban J connectivity index is 1.82. The van der Waals surface area contributed by atoms with Crippen LogP contribution in [0.5, 0.6) is 0 Å². The van der Waals surface area contributed by atoms with E-state index < -0.39 is 0 Å². The lowest BCUT2D eigenvalue weighted by atomic mass is 9.68. The van der Waals surface area contributed by atoms with Crippen molar-refractivity contribution in [2.45, 2.75) is 176 Å². The highest BCUT2D eigenvalue weighted by atomic mass is 16.1. The summed E-state index contributed by atoms with van der Waals surface area (Å²) in [6.45, 7) is 13.6. The molecule has 37 heavy (non-hydrogen) atoms. The molecule has 0 spiro atoms. The minimum atomic E-state index is 0.169. The Morgan fingerprint density at radius 2 is 0.919 bits per heavy atom. The van der Waals surface area contributed by atoms with Crippen molar-refractivity contribution in [3.05, 3.63) is 22.3 Å². The highest BCUT2D eigenvalue weighted by Crippen LogP contribution is 2.45. The van der Waals surface area contributed by atoms with Crippen molar-refractivity contribution in [1.82, 2.24) is 0 Å². The van der Waals surface area contributed by atoms with Crippen molar-refractivity contribution in [2.75, 3.05) is 0 Å². The van der Waals surface area contributed by atoms with Gasteiger partial charge in [-0.05, 0) is 86.2 Å². The van der Waals surface area contributed by atoms with Crippen molar-refractivity contribution >= 4 is 11.6 Å². The molecule has 0 saturated carbocycles. The van der Waals surface area contributed by atoms with E-state index in [1.165, 1.54) is 92.9 Å². The van der Waals surface area contributed by atoms with Crippen LogP contribution in [0.4, 0.5) is 0 Å².